The summed E-state index contributed by atoms with van der Waals surface area (Å²) in [5.41, 5.74) is 3.64. The number of likely N-dealkylation sites (tertiary alicyclic amines) is 1. The van der Waals surface area contributed by atoms with Gasteiger partial charge in [-0.05, 0) is 44.7 Å². The van der Waals surface area contributed by atoms with Gasteiger partial charge in [-0.1, -0.05) is 20.8 Å². The molecule has 166 valence electrons. The van der Waals surface area contributed by atoms with Crippen molar-refractivity contribution in [2.24, 2.45) is 0 Å². The monoisotopic (exact) mass is 424 g/mol. The zero-order chi connectivity index (χ0) is 22.1. The Labute approximate surface area is 182 Å². The van der Waals surface area contributed by atoms with Crippen molar-refractivity contribution >= 4 is 11.0 Å². The van der Waals surface area contributed by atoms with Gasteiger partial charge in [0.1, 0.15) is 11.3 Å². The summed E-state index contributed by atoms with van der Waals surface area (Å²) in [6.45, 7) is 13.1. The van der Waals surface area contributed by atoms with Crippen LogP contribution in [0.15, 0.2) is 17.1 Å². The molecule has 8 nitrogen and oxygen atoms in total. The van der Waals surface area contributed by atoms with Crippen LogP contribution >= 0.6 is 0 Å². The van der Waals surface area contributed by atoms with Crippen LogP contribution in [0.1, 0.15) is 58.3 Å². The molecule has 0 radical (unpaired) electrons. The van der Waals surface area contributed by atoms with E-state index in [9.17, 15) is 4.79 Å². The van der Waals surface area contributed by atoms with Gasteiger partial charge in [-0.2, -0.15) is 5.10 Å². The van der Waals surface area contributed by atoms with Gasteiger partial charge in [-0.3, -0.25) is 14.4 Å². The highest BCUT2D eigenvalue weighted by atomic mass is 16.5. The molecule has 0 amide bonds. The highest BCUT2D eigenvalue weighted by molar-refractivity contribution is 5.79. The Morgan fingerprint density at radius 1 is 1.19 bits per heavy atom. The summed E-state index contributed by atoms with van der Waals surface area (Å²) in [6.07, 6.45) is 4.29. The first-order valence-electron chi connectivity index (χ1n) is 11.3. The quantitative estimate of drug-likeness (QED) is 0.596. The lowest BCUT2D eigenvalue weighted by atomic mass is 10.1. The first kappa shape index (κ1) is 21.5. The molecule has 4 heterocycles. The summed E-state index contributed by atoms with van der Waals surface area (Å²) in [5, 5.41) is 4.68. The van der Waals surface area contributed by atoms with Crippen LogP contribution in [0.2, 0.25) is 0 Å². The van der Waals surface area contributed by atoms with E-state index in [1.54, 1.807) is 0 Å². The number of aromatic nitrogens is 5. The summed E-state index contributed by atoms with van der Waals surface area (Å²) in [7, 11) is 0. The molecule has 0 aliphatic carbocycles. The normalized spacial score (nSPS) is 15.0. The molecule has 0 atom stereocenters. The standard InChI is InChI=1S/C23H32N6O2/c1-6-9-31-23-17(10-15(7-2)11-24-23)21-25-19-18(8-3)29(27-20(19)22(30)26-21)16-12-28(13-16)14(4)5/h10-11,14,16H,6-9,12-13H2,1-5H3,(H,25,26,30). The molecular formula is C23H32N6O2. The fourth-order valence-corrected chi connectivity index (χ4v) is 4.03. The number of hydrogen-bond donors (Lipinski definition) is 1. The molecule has 1 aliphatic rings. The summed E-state index contributed by atoms with van der Waals surface area (Å²) in [5.74, 6) is 0.983. The van der Waals surface area contributed by atoms with E-state index in [4.69, 9.17) is 9.72 Å². The van der Waals surface area contributed by atoms with Gasteiger partial charge in [0.15, 0.2) is 5.52 Å². The van der Waals surface area contributed by atoms with Crippen LogP contribution in [0.5, 0.6) is 5.88 Å². The Bertz CT molecular complexity index is 1130. The maximum atomic E-state index is 13.0. The van der Waals surface area contributed by atoms with E-state index in [1.807, 2.05) is 16.9 Å². The van der Waals surface area contributed by atoms with Crippen LogP contribution in [0.4, 0.5) is 0 Å². The average Bonchev–Trinajstić information content (AvgIpc) is 3.09. The largest absolute Gasteiger partial charge is 0.477 e. The number of nitrogens with one attached hydrogen (secondary N) is 1. The fraction of sp³-hybridized carbons (Fsp3) is 0.565. The second-order valence-corrected chi connectivity index (χ2v) is 8.46. The number of aromatic amines is 1. The van der Waals surface area contributed by atoms with E-state index >= 15 is 0 Å². The lowest BCUT2D eigenvalue weighted by Crippen LogP contribution is -2.51. The minimum absolute atomic E-state index is 0.225. The molecule has 0 spiro atoms. The third kappa shape index (κ3) is 3.96. The van der Waals surface area contributed by atoms with E-state index in [2.05, 4.69) is 54.6 Å². The van der Waals surface area contributed by atoms with Crippen LogP contribution in [-0.4, -0.2) is 55.4 Å². The highest BCUT2D eigenvalue weighted by Gasteiger charge is 2.33. The van der Waals surface area contributed by atoms with Crippen LogP contribution in [0.25, 0.3) is 22.4 Å². The van der Waals surface area contributed by atoms with Gasteiger partial charge in [-0.15, -0.1) is 0 Å². The van der Waals surface area contributed by atoms with Crippen molar-refractivity contribution in [3.05, 3.63) is 33.9 Å². The second kappa shape index (κ2) is 8.78. The molecule has 1 fully saturated rings. The van der Waals surface area contributed by atoms with E-state index in [0.717, 1.165) is 49.2 Å². The minimum atomic E-state index is -0.225. The van der Waals surface area contributed by atoms with E-state index in [-0.39, 0.29) is 11.6 Å². The average molecular weight is 425 g/mol. The number of rotatable bonds is 8. The number of hydrogen-bond acceptors (Lipinski definition) is 6. The predicted molar refractivity (Wildman–Crippen MR) is 122 cm³/mol. The second-order valence-electron chi connectivity index (χ2n) is 8.46. The van der Waals surface area contributed by atoms with Crippen LogP contribution in [0, 0.1) is 0 Å². The van der Waals surface area contributed by atoms with Crippen LogP contribution < -0.4 is 10.3 Å². The number of aryl methyl sites for hydroxylation is 2. The summed E-state index contributed by atoms with van der Waals surface area (Å²) in [4.78, 5) is 27.7. The van der Waals surface area contributed by atoms with Crippen molar-refractivity contribution in [2.45, 2.75) is 66.0 Å². The number of ether oxygens (including phenoxy) is 1. The van der Waals surface area contributed by atoms with Crippen molar-refractivity contribution in [2.75, 3.05) is 19.7 Å². The first-order valence-corrected chi connectivity index (χ1v) is 11.3. The van der Waals surface area contributed by atoms with E-state index in [0.29, 0.717) is 35.4 Å². The van der Waals surface area contributed by atoms with Crippen LogP contribution in [0.3, 0.4) is 0 Å². The fourth-order valence-electron chi connectivity index (χ4n) is 4.03. The molecular weight excluding hydrogens is 392 g/mol. The lowest BCUT2D eigenvalue weighted by Gasteiger charge is -2.42. The Morgan fingerprint density at radius 3 is 2.61 bits per heavy atom. The summed E-state index contributed by atoms with van der Waals surface area (Å²) >= 11 is 0. The molecule has 0 bridgehead atoms. The summed E-state index contributed by atoms with van der Waals surface area (Å²) in [6, 6.07) is 2.80. The van der Waals surface area contributed by atoms with Crippen LogP contribution in [-0.2, 0) is 12.8 Å². The lowest BCUT2D eigenvalue weighted by molar-refractivity contribution is 0.0663. The Morgan fingerprint density at radius 2 is 1.97 bits per heavy atom. The zero-order valence-electron chi connectivity index (χ0n) is 19.1. The van der Waals surface area contributed by atoms with Gasteiger partial charge in [0.25, 0.3) is 5.56 Å². The molecule has 0 aromatic carbocycles. The number of fused-ring (bicyclic) bond motifs is 1. The van der Waals surface area contributed by atoms with Crippen molar-refractivity contribution in [1.29, 1.82) is 0 Å². The molecule has 8 heteroatoms. The van der Waals surface area contributed by atoms with Gasteiger partial charge >= 0.3 is 0 Å². The molecule has 4 rings (SSSR count). The van der Waals surface area contributed by atoms with Gasteiger partial charge < -0.3 is 9.72 Å². The van der Waals surface area contributed by atoms with Crippen molar-refractivity contribution < 1.29 is 4.74 Å². The zero-order valence-corrected chi connectivity index (χ0v) is 19.1. The maximum Gasteiger partial charge on any atom is 0.279 e. The minimum Gasteiger partial charge on any atom is -0.477 e. The molecule has 3 aromatic rings. The Balaban J connectivity index is 1.80. The molecule has 1 saturated heterocycles. The first-order chi connectivity index (χ1) is 15.0. The SMILES string of the molecule is CCCOc1ncc(CC)cc1-c1nc2c(CC)n(C3CN(C(C)C)C3)nc2c(=O)[nH]1. The Kier molecular flexibility index (Phi) is 6.09. The number of H-pyrrole nitrogens is 1. The topological polar surface area (TPSA) is 88.9 Å². The third-order valence-corrected chi connectivity index (χ3v) is 5.97. The van der Waals surface area contributed by atoms with Crippen molar-refractivity contribution in [3.63, 3.8) is 0 Å². The molecule has 3 aromatic heterocycles. The number of pyridine rings is 1. The van der Waals surface area contributed by atoms with Gasteiger partial charge in [0.05, 0.1) is 23.9 Å². The smallest absolute Gasteiger partial charge is 0.279 e. The van der Waals surface area contributed by atoms with Crippen molar-refractivity contribution in [3.8, 4) is 17.3 Å². The predicted octanol–water partition coefficient (Wildman–Crippen LogP) is 3.36. The molecule has 31 heavy (non-hydrogen) atoms. The molecule has 0 unspecified atom stereocenters. The molecule has 1 aliphatic heterocycles. The number of nitrogens with zero attached hydrogens (tertiary/aromatic N) is 5. The van der Waals surface area contributed by atoms with E-state index in [1.165, 1.54) is 0 Å². The van der Waals surface area contributed by atoms with E-state index < -0.39 is 0 Å². The maximum absolute atomic E-state index is 13.0. The molecule has 0 saturated carbocycles. The highest BCUT2D eigenvalue weighted by Crippen LogP contribution is 2.30. The summed E-state index contributed by atoms with van der Waals surface area (Å²) < 4.78 is 7.87. The third-order valence-electron chi connectivity index (χ3n) is 5.97. The van der Waals surface area contributed by atoms with Gasteiger partial charge in [-0.25, -0.2) is 9.97 Å². The Hall–Kier alpha value is -2.74. The van der Waals surface area contributed by atoms with Gasteiger partial charge in [0, 0.05) is 25.3 Å². The molecule has 1 N–H and O–H groups in total. The van der Waals surface area contributed by atoms with Gasteiger partial charge in [0.2, 0.25) is 5.88 Å². The van der Waals surface area contributed by atoms with Crippen molar-refractivity contribution in [1.82, 2.24) is 29.6 Å².